The average Bonchev–Trinajstić information content (AvgIpc) is 3.25. The molecule has 2 aliphatic rings. The Kier molecular flexibility index (Phi) is 5.12. The number of carbonyl (C=O) groups excluding carboxylic acids is 1. The molecule has 1 atom stereocenters. The number of benzene rings is 1. The van der Waals surface area contributed by atoms with Gasteiger partial charge in [-0.15, -0.1) is 0 Å². The molecule has 0 aromatic heterocycles. The second-order valence-electron chi connectivity index (χ2n) is 7.00. The molecule has 0 radical (unpaired) electrons. The monoisotopic (exact) mass is 329 g/mol. The minimum absolute atomic E-state index is 0.119. The Hall–Kier alpha value is -1.97. The maximum Gasteiger partial charge on any atom is 0.248 e. The van der Waals surface area contributed by atoms with Crippen LogP contribution in [0.15, 0.2) is 29.8 Å². The SMILES string of the molecule is COc1ccc(C2CC=C(C(=O)N(C)C)C2)cc1OC1CCCC1. The van der Waals surface area contributed by atoms with Crippen molar-refractivity contribution in [1.82, 2.24) is 4.90 Å². The normalized spacial score (nSPS) is 20.8. The predicted molar refractivity (Wildman–Crippen MR) is 94.6 cm³/mol. The Morgan fingerprint density at radius 2 is 1.92 bits per heavy atom. The lowest BCUT2D eigenvalue weighted by molar-refractivity contribution is -0.124. The summed E-state index contributed by atoms with van der Waals surface area (Å²) in [6.07, 6.45) is 8.83. The lowest BCUT2D eigenvalue weighted by atomic mass is 9.95. The van der Waals surface area contributed by atoms with E-state index in [1.165, 1.54) is 18.4 Å². The van der Waals surface area contributed by atoms with Crippen LogP contribution in [-0.4, -0.2) is 38.1 Å². The van der Waals surface area contributed by atoms with Gasteiger partial charge >= 0.3 is 0 Å². The summed E-state index contributed by atoms with van der Waals surface area (Å²) in [5.74, 6) is 2.10. The van der Waals surface area contributed by atoms with Gasteiger partial charge in [-0.1, -0.05) is 12.1 Å². The molecule has 0 aliphatic heterocycles. The molecule has 1 unspecified atom stereocenters. The number of carbonyl (C=O) groups is 1. The molecule has 0 bridgehead atoms. The molecular weight excluding hydrogens is 302 g/mol. The Morgan fingerprint density at radius 3 is 2.58 bits per heavy atom. The van der Waals surface area contributed by atoms with Crippen LogP contribution in [0.1, 0.15) is 50.0 Å². The van der Waals surface area contributed by atoms with Gasteiger partial charge in [0.05, 0.1) is 13.2 Å². The van der Waals surface area contributed by atoms with E-state index < -0.39 is 0 Å². The van der Waals surface area contributed by atoms with Crippen molar-refractivity contribution >= 4 is 5.91 Å². The van der Waals surface area contributed by atoms with Gasteiger partial charge in [0.1, 0.15) is 0 Å². The summed E-state index contributed by atoms with van der Waals surface area (Å²) in [5, 5.41) is 0. The van der Waals surface area contributed by atoms with Crippen molar-refractivity contribution < 1.29 is 14.3 Å². The van der Waals surface area contributed by atoms with Crippen molar-refractivity contribution in [2.24, 2.45) is 0 Å². The Morgan fingerprint density at radius 1 is 1.17 bits per heavy atom. The molecule has 1 fully saturated rings. The number of likely N-dealkylation sites (N-methyl/N-ethyl adjacent to an activating group) is 1. The van der Waals surface area contributed by atoms with Gasteiger partial charge in [-0.3, -0.25) is 4.79 Å². The topological polar surface area (TPSA) is 38.8 Å². The summed E-state index contributed by atoms with van der Waals surface area (Å²) in [6.45, 7) is 0. The van der Waals surface area contributed by atoms with Crippen molar-refractivity contribution in [3.8, 4) is 11.5 Å². The zero-order valence-electron chi connectivity index (χ0n) is 14.9. The zero-order valence-corrected chi connectivity index (χ0v) is 14.9. The van der Waals surface area contributed by atoms with Crippen LogP contribution in [-0.2, 0) is 4.79 Å². The highest BCUT2D eigenvalue weighted by Crippen LogP contribution is 2.39. The smallest absolute Gasteiger partial charge is 0.248 e. The van der Waals surface area contributed by atoms with Crippen LogP contribution in [0.3, 0.4) is 0 Å². The molecule has 0 N–H and O–H groups in total. The van der Waals surface area contributed by atoms with E-state index in [0.29, 0.717) is 12.0 Å². The average molecular weight is 329 g/mol. The lowest BCUT2D eigenvalue weighted by Crippen LogP contribution is -2.23. The number of methoxy groups -OCH3 is 1. The second kappa shape index (κ2) is 7.29. The van der Waals surface area contributed by atoms with Gasteiger partial charge in [0, 0.05) is 19.7 Å². The van der Waals surface area contributed by atoms with E-state index in [1.807, 2.05) is 6.07 Å². The Bertz CT molecular complexity index is 630. The van der Waals surface area contributed by atoms with Crippen LogP contribution < -0.4 is 9.47 Å². The molecule has 1 saturated carbocycles. The summed E-state index contributed by atoms with van der Waals surface area (Å²) in [7, 11) is 5.29. The first-order valence-electron chi connectivity index (χ1n) is 8.83. The number of hydrogen-bond acceptors (Lipinski definition) is 3. The number of hydrogen-bond donors (Lipinski definition) is 0. The first-order chi connectivity index (χ1) is 11.6. The van der Waals surface area contributed by atoms with Crippen molar-refractivity contribution in [2.75, 3.05) is 21.2 Å². The molecule has 1 aromatic rings. The van der Waals surface area contributed by atoms with E-state index in [2.05, 4.69) is 18.2 Å². The van der Waals surface area contributed by atoms with Gasteiger partial charge in [0.25, 0.3) is 0 Å². The highest BCUT2D eigenvalue weighted by Gasteiger charge is 2.25. The van der Waals surface area contributed by atoms with Crippen molar-refractivity contribution in [3.63, 3.8) is 0 Å². The third-order valence-corrected chi connectivity index (χ3v) is 5.05. The minimum Gasteiger partial charge on any atom is -0.493 e. The summed E-state index contributed by atoms with van der Waals surface area (Å²) in [6, 6.07) is 6.20. The van der Waals surface area contributed by atoms with Crippen molar-refractivity contribution in [2.45, 2.75) is 50.5 Å². The molecule has 0 spiro atoms. The third-order valence-electron chi connectivity index (χ3n) is 5.05. The van der Waals surface area contributed by atoms with E-state index >= 15 is 0 Å². The third kappa shape index (κ3) is 3.58. The second-order valence-corrected chi connectivity index (χ2v) is 7.00. The van der Waals surface area contributed by atoms with Crippen LogP contribution >= 0.6 is 0 Å². The number of amides is 1. The van der Waals surface area contributed by atoms with Gasteiger partial charge in [-0.2, -0.15) is 0 Å². The molecule has 1 amide bonds. The van der Waals surface area contributed by atoms with E-state index in [9.17, 15) is 4.79 Å². The summed E-state index contributed by atoms with van der Waals surface area (Å²) >= 11 is 0. The Labute approximate surface area is 144 Å². The number of nitrogens with zero attached hydrogens (tertiary/aromatic N) is 1. The fraction of sp³-hybridized carbons (Fsp3) is 0.550. The number of ether oxygens (including phenoxy) is 2. The quantitative estimate of drug-likeness (QED) is 0.822. The first-order valence-corrected chi connectivity index (χ1v) is 8.83. The molecule has 4 nitrogen and oxygen atoms in total. The molecular formula is C20H27NO3. The van der Waals surface area contributed by atoms with Crippen LogP contribution in [0.5, 0.6) is 11.5 Å². The Balaban J connectivity index is 1.73. The highest BCUT2D eigenvalue weighted by molar-refractivity contribution is 5.93. The standard InChI is InChI=1S/C20H27NO3/c1-21(2)20(22)16-9-8-14(12-16)15-10-11-18(23-3)19(13-15)24-17-6-4-5-7-17/h9-11,13-14,17H,4-8,12H2,1-3H3. The molecule has 2 aliphatic carbocycles. The van der Waals surface area contributed by atoms with Gasteiger partial charge in [0.15, 0.2) is 11.5 Å². The van der Waals surface area contributed by atoms with Gasteiger partial charge < -0.3 is 14.4 Å². The highest BCUT2D eigenvalue weighted by atomic mass is 16.5. The molecule has 4 heteroatoms. The maximum atomic E-state index is 12.1. The van der Waals surface area contributed by atoms with Gasteiger partial charge in [0.2, 0.25) is 5.91 Å². The number of allylic oxidation sites excluding steroid dienone is 1. The van der Waals surface area contributed by atoms with Crippen LogP contribution in [0, 0.1) is 0 Å². The molecule has 1 aromatic carbocycles. The van der Waals surface area contributed by atoms with E-state index in [-0.39, 0.29) is 5.91 Å². The summed E-state index contributed by atoms with van der Waals surface area (Å²) in [4.78, 5) is 13.8. The lowest BCUT2D eigenvalue weighted by Gasteiger charge is -2.19. The predicted octanol–water partition coefficient (Wildman–Crippen LogP) is 3.91. The fourth-order valence-electron chi connectivity index (χ4n) is 3.66. The largest absolute Gasteiger partial charge is 0.493 e. The summed E-state index contributed by atoms with van der Waals surface area (Å²) < 4.78 is 11.7. The molecule has 130 valence electrons. The molecule has 0 saturated heterocycles. The number of rotatable bonds is 5. The van der Waals surface area contributed by atoms with E-state index in [1.54, 1.807) is 26.1 Å². The fourth-order valence-corrected chi connectivity index (χ4v) is 3.66. The van der Waals surface area contributed by atoms with E-state index in [0.717, 1.165) is 42.8 Å². The van der Waals surface area contributed by atoms with Crippen LogP contribution in [0.4, 0.5) is 0 Å². The van der Waals surface area contributed by atoms with Crippen LogP contribution in [0.2, 0.25) is 0 Å². The summed E-state index contributed by atoms with van der Waals surface area (Å²) in [5.41, 5.74) is 2.14. The van der Waals surface area contributed by atoms with E-state index in [4.69, 9.17) is 9.47 Å². The van der Waals surface area contributed by atoms with Crippen molar-refractivity contribution in [3.05, 3.63) is 35.4 Å². The van der Waals surface area contributed by atoms with Crippen LogP contribution in [0.25, 0.3) is 0 Å². The molecule has 0 heterocycles. The van der Waals surface area contributed by atoms with Gasteiger partial charge in [-0.25, -0.2) is 0 Å². The minimum atomic E-state index is 0.119. The van der Waals surface area contributed by atoms with Crippen molar-refractivity contribution in [1.29, 1.82) is 0 Å². The zero-order chi connectivity index (χ0) is 17.1. The maximum absolute atomic E-state index is 12.1. The molecule has 3 rings (SSSR count). The molecule has 24 heavy (non-hydrogen) atoms. The first kappa shape index (κ1) is 16.9. The van der Waals surface area contributed by atoms with Gasteiger partial charge in [-0.05, 0) is 62.1 Å².